The zero-order valence-electron chi connectivity index (χ0n) is 5.13. The van der Waals surface area contributed by atoms with E-state index in [1.54, 1.807) is 0 Å². The Labute approximate surface area is 49.5 Å². The van der Waals surface area contributed by atoms with E-state index in [-0.39, 0.29) is 12.2 Å². The molecule has 0 aromatic carbocycles. The maximum atomic E-state index is 8.91. The number of rotatable bonds is 2. The van der Waals surface area contributed by atoms with Gasteiger partial charge in [-0.2, -0.15) is 0 Å². The summed E-state index contributed by atoms with van der Waals surface area (Å²) in [6, 6.07) is 0. The van der Waals surface area contributed by atoms with Crippen LogP contribution < -0.4 is 0 Å². The lowest BCUT2D eigenvalue weighted by atomic mass is 9.92. The van der Waals surface area contributed by atoms with Crippen LogP contribution in [0.1, 0.15) is 19.8 Å². The predicted molar refractivity (Wildman–Crippen MR) is 30.7 cm³/mol. The summed E-state index contributed by atoms with van der Waals surface area (Å²) in [5.74, 6) is 0. The Morgan fingerprint density at radius 2 is 2.38 bits per heavy atom. The van der Waals surface area contributed by atoms with E-state index >= 15 is 0 Å². The van der Waals surface area contributed by atoms with Crippen LogP contribution in [-0.2, 0) is 4.74 Å². The summed E-state index contributed by atoms with van der Waals surface area (Å²) in [5, 5.41) is 8.91. The van der Waals surface area contributed by atoms with Crippen LogP contribution >= 0.6 is 0 Å². The number of aliphatic hydroxyl groups excluding tert-OH is 1. The summed E-state index contributed by atoms with van der Waals surface area (Å²) in [6.07, 6.45) is 1.94. The van der Waals surface area contributed by atoms with Crippen molar-refractivity contribution in [2.45, 2.75) is 32.0 Å². The second-order valence-electron chi connectivity index (χ2n) is 2.14. The van der Waals surface area contributed by atoms with E-state index in [4.69, 9.17) is 9.84 Å². The normalized spacial score (nSPS) is 36.8. The molecule has 1 rings (SSSR count). The first kappa shape index (κ1) is 6.05. The van der Waals surface area contributed by atoms with E-state index in [0.29, 0.717) is 0 Å². The Morgan fingerprint density at radius 3 is 2.50 bits per heavy atom. The van der Waals surface area contributed by atoms with Gasteiger partial charge in [0.2, 0.25) is 0 Å². The van der Waals surface area contributed by atoms with Gasteiger partial charge in [0.15, 0.2) is 0 Å². The molecule has 0 amide bonds. The largest absolute Gasteiger partial charge is 0.390 e. The Morgan fingerprint density at radius 1 is 1.62 bits per heavy atom. The third kappa shape index (κ3) is 1.01. The topological polar surface area (TPSA) is 29.5 Å². The van der Waals surface area contributed by atoms with Crippen LogP contribution in [0.3, 0.4) is 0 Å². The summed E-state index contributed by atoms with van der Waals surface area (Å²) in [7, 11) is 0. The van der Waals surface area contributed by atoms with E-state index in [1.807, 2.05) is 6.92 Å². The van der Waals surface area contributed by atoms with Crippen molar-refractivity contribution in [2.24, 2.45) is 0 Å². The van der Waals surface area contributed by atoms with Gasteiger partial charge < -0.3 is 9.84 Å². The van der Waals surface area contributed by atoms with Crippen LogP contribution in [0.2, 0.25) is 0 Å². The van der Waals surface area contributed by atoms with Gasteiger partial charge in [-0.1, -0.05) is 0 Å². The number of aliphatic hydroxyl groups is 1. The van der Waals surface area contributed by atoms with E-state index in [0.717, 1.165) is 19.4 Å². The van der Waals surface area contributed by atoms with Gasteiger partial charge in [-0.05, 0) is 19.8 Å². The van der Waals surface area contributed by atoms with Gasteiger partial charge in [0.05, 0.1) is 12.2 Å². The van der Waals surface area contributed by atoms with Gasteiger partial charge in [0, 0.05) is 6.61 Å². The summed E-state index contributed by atoms with van der Waals surface area (Å²) >= 11 is 0. The minimum absolute atomic E-state index is 0.153. The predicted octanol–water partition coefficient (Wildman–Crippen LogP) is 0.546. The van der Waals surface area contributed by atoms with Crippen LogP contribution in [0.25, 0.3) is 0 Å². The molecular formula is C6H12O2. The van der Waals surface area contributed by atoms with Crippen molar-refractivity contribution in [3.63, 3.8) is 0 Å². The molecule has 0 aromatic rings. The van der Waals surface area contributed by atoms with Crippen LogP contribution in [-0.4, -0.2) is 23.9 Å². The van der Waals surface area contributed by atoms with Crippen LogP contribution in [0.4, 0.5) is 0 Å². The fourth-order valence-electron chi connectivity index (χ4n) is 0.860. The molecule has 2 heteroatoms. The molecule has 0 unspecified atom stereocenters. The fourth-order valence-corrected chi connectivity index (χ4v) is 0.860. The summed E-state index contributed by atoms with van der Waals surface area (Å²) < 4.78 is 5.14. The summed E-state index contributed by atoms with van der Waals surface area (Å²) in [6.45, 7) is 2.67. The average Bonchev–Trinajstić information content (AvgIpc) is 1.79. The molecule has 1 N–H and O–H groups in total. The van der Waals surface area contributed by atoms with Crippen molar-refractivity contribution in [3.8, 4) is 0 Å². The molecule has 8 heavy (non-hydrogen) atoms. The van der Waals surface area contributed by atoms with Gasteiger partial charge >= 0.3 is 0 Å². The van der Waals surface area contributed by atoms with Gasteiger partial charge in [-0.15, -0.1) is 0 Å². The molecule has 0 spiro atoms. The number of hydrogen-bond acceptors (Lipinski definition) is 2. The first-order valence-electron chi connectivity index (χ1n) is 3.14. The second-order valence-corrected chi connectivity index (χ2v) is 2.14. The summed E-state index contributed by atoms with van der Waals surface area (Å²) in [5.41, 5.74) is 0. The third-order valence-corrected chi connectivity index (χ3v) is 1.56. The molecule has 0 heterocycles. The van der Waals surface area contributed by atoms with Crippen LogP contribution in [0, 0.1) is 0 Å². The third-order valence-electron chi connectivity index (χ3n) is 1.56. The Bertz CT molecular complexity index is 72.9. The van der Waals surface area contributed by atoms with Crippen molar-refractivity contribution < 1.29 is 9.84 Å². The minimum atomic E-state index is -0.171. The molecule has 48 valence electrons. The summed E-state index contributed by atoms with van der Waals surface area (Å²) in [4.78, 5) is 0. The zero-order chi connectivity index (χ0) is 5.98. The SMILES string of the molecule is CCO[C@@H]1CC[C@H]1O. The quantitative estimate of drug-likeness (QED) is 0.570. The minimum Gasteiger partial charge on any atom is -0.390 e. The highest BCUT2D eigenvalue weighted by Gasteiger charge is 2.28. The molecule has 0 saturated heterocycles. The average molecular weight is 116 g/mol. The van der Waals surface area contributed by atoms with Gasteiger partial charge in [0.25, 0.3) is 0 Å². The molecule has 1 saturated carbocycles. The highest BCUT2D eigenvalue weighted by atomic mass is 16.5. The molecule has 2 nitrogen and oxygen atoms in total. The maximum absolute atomic E-state index is 8.91. The molecule has 2 atom stereocenters. The molecule has 1 fully saturated rings. The number of hydrogen-bond donors (Lipinski definition) is 1. The molecule has 0 radical (unpaired) electrons. The first-order valence-corrected chi connectivity index (χ1v) is 3.14. The lowest BCUT2D eigenvalue weighted by molar-refractivity contribution is -0.0922. The Kier molecular flexibility index (Phi) is 1.86. The van der Waals surface area contributed by atoms with Crippen molar-refractivity contribution >= 4 is 0 Å². The van der Waals surface area contributed by atoms with Gasteiger partial charge in [-0.3, -0.25) is 0 Å². The monoisotopic (exact) mass is 116 g/mol. The van der Waals surface area contributed by atoms with Crippen molar-refractivity contribution in [3.05, 3.63) is 0 Å². The van der Waals surface area contributed by atoms with E-state index in [1.165, 1.54) is 0 Å². The van der Waals surface area contributed by atoms with Crippen molar-refractivity contribution in [1.82, 2.24) is 0 Å². The molecular weight excluding hydrogens is 104 g/mol. The molecule has 0 aliphatic heterocycles. The van der Waals surface area contributed by atoms with Crippen LogP contribution in [0.15, 0.2) is 0 Å². The second kappa shape index (κ2) is 2.46. The fraction of sp³-hybridized carbons (Fsp3) is 1.00. The Hall–Kier alpha value is -0.0800. The van der Waals surface area contributed by atoms with Gasteiger partial charge in [0.1, 0.15) is 0 Å². The Balaban J connectivity index is 2.08. The van der Waals surface area contributed by atoms with Crippen LogP contribution in [0.5, 0.6) is 0 Å². The first-order chi connectivity index (χ1) is 3.84. The van der Waals surface area contributed by atoms with Crippen molar-refractivity contribution in [1.29, 1.82) is 0 Å². The molecule has 1 aliphatic carbocycles. The molecule has 0 bridgehead atoms. The van der Waals surface area contributed by atoms with E-state index in [9.17, 15) is 0 Å². The maximum Gasteiger partial charge on any atom is 0.0834 e. The highest BCUT2D eigenvalue weighted by molar-refractivity contribution is 4.80. The standard InChI is InChI=1S/C6H12O2/c1-2-8-6-4-3-5(6)7/h5-7H,2-4H2,1H3/t5-,6-/m1/s1. The smallest absolute Gasteiger partial charge is 0.0834 e. The lowest BCUT2D eigenvalue weighted by Crippen LogP contribution is -2.38. The van der Waals surface area contributed by atoms with E-state index < -0.39 is 0 Å². The van der Waals surface area contributed by atoms with Crippen molar-refractivity contribution in [2.75, 3.05) is 6.61 Å². The highest BCUT2D eigenvalue weighted by Crippen LogP contribution is 2.22. The molecule has 1 aliphatic rings. The van der Waals surface area contributed by atoms with E-state index in [2.05, 4.69) is 0 Å². The zero-order valence-corrected chi connectivity index (χ0v) is 5.13. The lowest BCUT2D eigenvalue weighted by Gasteiger charge is -2.31. The molecule has 0 aromatic heterocycles. The van der Waals surface area contributed by atoms with Gasteiger partial charge in [-0.25, -0.2) is 0 Å². The number of ether oxygens (including phenoxy) is 1.